The first-order valence-corrected chi connectivity index (χ1v) is 5.42. The molecule has 0 spiro atoms. The topological polar surface area (TPSA) is 21.3 Å². The minimum absolute atomic E-state index is 0. The molecule has 2 nitrogen and oxygen atoms in total. The van der Waals surface area contributed by atoms with E-state index in [1.165, 1.54) is 6.07 Å². The lowest BCUT2D eigenvalue weighted by atomic mass is 10.2. The molecule has 4 heteroatoms. The second-order valence-corrected chi connectivity index (χ2v) is 3.86. The van der Waals surface area contributed by atoms with Gasteiger partial charge in [-0.1, -0.05) is 18.2 Å². The zero-order valence-corrected chi connectivity index (χ0v) is 10.7. The maximum atomic E-state index is 13.2. The molecule has 1 fully saturated rings. The predicted molar refractivity (Wildman–Crippen MR) is 57.1 cm³/mol. The van der Waals surface area contributed by atoms with E-state index < -0.39 is 0 Å². The van der Waals surface area contributed by atoms with E-state index in [1.807, 2.05) is 6.07 Å². The molecule has 0 saturated carbocycles. The summed E-state index contributed by atoms with van der Waals surface area (Å²) >= 11 is 0. The van der Waals surface area contributed by atoms with Gasteiger partial charge in [-0.2, -0.15) is 0 Å². The molecule has 90 valence electrons. The second kappa shape index (κ2) is 6.99. The highest BCUT2D eigenvalue weighted by Crippen LogP contribution is 2.11. The number of halogens is 2. The van der Waals surface area contributed by atoms with Crippen molar-refractivity contribution in [3.63, 3.8) is 0 Å². The van der Waals surface area contributed by atoms with Crippen molar-refractivity contribution < 1.29 is 26.1 Å². The van der Waals surface area contributed by atoms with Crippen molar-refractivity contribution in [3.8, 4) is 0 Å². The van der Waals surface area contributed by atoms with E-state index in [4.69, 9.17) is 4.74 Å². The quantitative estimate of drug-likeness (QED) is 0.775. The van der Waals surface area contributed by atoms with E-state index >= 15 is 0 Å². The molecule has 1 aromatic carbocycles. The Balaban J connectivity index is 0.00000128. The molecule has 1 atom stereocenters. The number of nitrogens with one attached hydrogen (secondary N) is 1. The summed E-state index contributed by atoms with van der Waals surface area (Å²) in [5.74, 6) is -0.141. The zero-order valence-electron chi connectivity index (χ0n) is 9.09. The molecular formula is C12H16BrFNO-. The van der Waals surface area contributed by atoms with Crippen molar-refractivity contribution in [1.29, 1.82) is 0 Å². The van der Waals surface area contributed by atoms with Gasteiger partial charge in [-0.15, -0.1) is 0 Å². The van der Waals surface area contributed by atoms with Crippen LogP contribution in [-0.2, 0) is 11.3 Å². The van der Waals surface area contributed by atoms with Crippen LogP contribution in [0.4, 0.5) is 4.39 Å². The Hall–Kier alpha value is -0.450. The van der Waals surface area contributed by atoms with Gasteiger partial charge < -0.3 is 27.0 Å². The molecule has 0 radical (unpaired) electrons. The summed E-state index contributed by atoms with van der Waals surface area (Å²) in [5, 5.41) is 3.22. The van der Waals surface area contributed by atoms with Crippen LogP contribution >= 0.6 is 0 Å². The van der Waals surface area contributed by atoms with Gasteiger partial charge in [0.2, 0.25) is 0 Å². The molecule has 1 N–H and O–H groups in total. The zero-order chi connectivity index (χ0) is 10.5. The molecule has 1 saturated heterocycles. The van der Waals surface area contributed by atoms with E-state index in [0.717, 1.165) is 31.6 Å². The highest BCUT2D eigenvalue weighted by molar-refractivity contribution is 5.16. The van der Waals surface area contributed by atoms with Gasteiger partial charge in [0.15, 0.2) is 0 Å². The van der Waals surface area contributed by atoms with E-state index in [1.54, 1.807) is 12.1 Å². The predicted octanol–water partition coefficient (Wildman–Crippen LogP) is -0.902. The fourth-order valence-corrected chi connectivity index (χ4v) is 1.81. The fourth-order valence-electron chi connectivity index (χ4n) is 1.81. The summed E-state index contributed by atoms with van der Waals surface area (Å²) in [4.78, 5) is 0. The van der Waals surface area contributed by atoms with E-state index in [0.29, 0.717) is 12.6 Å². The van der Waals surface area contributed by atoms with Crippen LogP contribution in [0.2, 0.25) is 0 Å². The summed E-state index contributed by atoms with van der Waals surface area (Å²) < 4.78 is 18.7. The fraction of sp³-hybridized carbons (Fsp3) is 0.500. The molecule has 1 aliphatic heterocycles. The Morgan fingerprint density at radius 3 is 2.88 bits per heavy atom. The van der Waals surface area contributed by atoms with Gasteiger partial charge in [0, 0.05) is 25.3 Å². The van der Waals surface area contributed by atoms with Crippen molar-refractivity contribution in [2.45, 2.75) is 25.5 Å². The average Bonchev–Trinajstić information content (AvgIpc) is 2.74. The first-order chi connectivity index (χ1) is 7.36. The maximum Gasteiger partial charge on any atom is 0.127 e. The molecule has 16 heavy (non-hydrogen) atoms. The highest BCUT2D eigenvalue weighted by Gasteiger charge is 2.14. The third-order valence-electron chi connectivity index (χ3n) is 2.67. The number of rotatable bonds is 4. The van der Waals surface area contributed by atoms with Crippen LogP contribution in [0, 0.1) is 5.82 Å². The minimum Gasteiger partial charge on any atom is -1.00 e. The lowest BCUT2D eigenvalue weighted by Gasteiger charge is -2.10. The van der Waals surface area contributed by atoms with E-state index in [-0.39, 0.29) is 22.8 Å². The first-order valence-electron chi connectivity index (χ1n) is 5.42. The van der Waals surface area contributed by atoms with Crippen LogP contribution in [0.5, 0.6) is 0 Å². The molecule has 1 aromatic rings. The Kier molecular flexibility index (Phi) is 5.95. The third kappa shape index (κ3) is 3.85. The number of ether oxygens (including phenoxy) is 1. The lowest BCUT2D eigenvalue weighted by molar-refractivity contribution is -0.00000495. The van der Waals surface area contributed by atoms with Crippen molar-refractivity contribution in [2.24, 2.45) is 0 Å². The first kappa shape index (κ1) is 13.6. The Bertz CT molecular complexity index is 316. The highest BCUT2D eigenvalue weighted by atomic mass is 79.9. The summed E-state index contributed by atoms with van der Waals surface area (Å²) in [6.07, 6.45) is 2.58. The van der Waals surface area contributed by atoms with Crippen molar-refractivity contribution in [3.05, 3.63) is 35.6 Å². The summed E-state index contributed by atoms with van der Waals surface area (Å²) in [7, 11) is 0. The van der Waals surface area contributed by atoms with Crippen LogP contribution in [0.25, 0.3) is 0 Å². The smallest absolute Gasteiger partial charge is 0.127 e. The lowest BCUT2D eigenvalue weighted by Crippen LogP contribution is -3.00. The van der Waals surface area contributed by atoms with Crippen molar-refractivity contribution in [2.75, 3.05) is 13.2 Å². The maximum absolute atomic E-state index is 13.2. The molecule has 0 amide bonds. The van der Waals surface area contributed by atoms with Crippen LogP contribution in [0.1, 0.15) is 18.4 Å². The van der Waals surface area contributed by atoms with Gasteiger partial charge in [-0.3, -0.25) is 0 Å². The van der Waals surface area contributed by atoms with Gasteiger partial charge in [0.25, 0.3) is 0 Å². The Morgan fingerprint density at radius 1 is 1.38 bits per heavy atom. The van der Waals surface area contributed by atoms with E-state index in [9.17, 15) is 4.39 Å². The summed E-state index contributed by atoms with van der Waals surface area (Å²) in [6.45, 7) is 2.26. The summed E-state index contributed by atoms with van der Waals surface area (Å²) in [6, 6.07) is 6.85. The Labute approximate surface area is 106 Å². The van der Waals surface area contributed by atoms with Crippen LogP contribution < -0.4 is 22.3 Å². The molecular weight excluding hydrogens is 273 g/mol. The Morgan fingerprint density at radius 2 is 2.19 bits per heavy atom. The van der Waals surface area contributed by atoms with Crippen LogP contribution in [-0.4, -0.2) is 19.3 Å². The van der Waals surface area contributed by atoms with Gasteiger partial charge in [0.1, 0.15) is 5.82 Å². The molecule has 1 unspecified atom stereocenters. The molecule has 0 bridgehead atoms. The van der Waals surface area contributed by atoms with Gasteiger partial charge in [-0.25, -0.2) is 4.39 Å². The monoisotopic (exact) mass is 288 g/mol. The SMILES string of the molecule is Fc1ccccc1CNCC1CCCO1.[Br-]. The molecule has 2 rings (SSSR count). The minimum atomic E-state index is -0.141. The molecule has 0 aliphatic carbocycles. The van der Waals surface area contributed by atoms with Gasteiger partial charge in [-0.05, 0) is 18.9 Å². The number of benzene rings is 1. The average molecular weight is 289 g/mol. The molecule has 1 aliphatic rings. The third-order valence-corrected chi connectivity index (χ3v) is 2.67. The standard InChI is InChI=1S/C12H16FNO.BrH/c13-12-6-2-1-4-10(12)8-14-9-11-5-3-7-15-11;/h1-2,4,6,11,14H,3,5,7-9H2;1H/p-1. The van der Waals surface area contributed by atoms with Gasteiger partial charge >= 0.3 is 0 Å². The van der Waals surface area contributed by atoms with Crippen molar-refractivity contribution >= 4 is 0 Å². The van der Waals surface area contributed by atoms with Crippen LogP contribution in [0.3, 0.4) is 0 Å². The van der Waals surface area contributed by atoms with Crippen molar-refractivity contribution in [1.82, 2.24) is 5.32 Å². The molecule has 0 aromatic heterocycles. The van der Waals surface area contributed by atoms with E-state index in [2.05, 4.69) is 5.32 Å². The van der Waals surface area contributed by atoms with Gasteiger partial charge in [0.05, 0.1) is 6.10 Å². The number of hydrogen-bond acceptors (Lipinski definition) is 2. The summed E-state index contributed by atoms with van der Waals surface area (Å²) in [5.41, 5.74) is 0.718. The number of hydrogen-bond donors (Lipinski definition) is 1. The largest absolute Gasteiger partial charge is 1.00 e. The van der Waals surface area contributed by atoms with Crippen LogP contribution in [0.15, 0.2) is 24.3 Å². The normalized spacial score (nSPS) is 19.4. The molecule has 1 heterocycles. The second-order valence-electron chi connectivity index (χ2n) is 3.86.